The number of aromatic nitrogens is 1. The number of aryl methyl sites for hydroxylation is 1. The predicted molar refractivity (Wildman–Crippen MR) is 101 cm³/mol. The van der Waals surface area contributed by atoms with Crippen molar-refractivity contribution < 1.29 is 9.52 Å². The third-order valence-corrected chi connectivity index (χ3v) is 4.92. The molecule has 0 amide bonds. The van der Waals surface area contributed by atoms with Crippen LogP contribution in [0.5, 0.6) is 5.75 Å². The van der Waals surface area contributed by atoms with Crippen LogP contribution in [0.4, 0.5) is 5.82 Å². The molecule has 2 aromatic heterocycles. The van der Waals surface area contributed by atoms with Crippen LogP contribution >= 0.6 is 0 Å². The summed E-state index contributed by atoms with van der Waals surface area (Å²) >= 11 is 0. The quantitative estimate of drug-likeness (QED) is 0.731. The van der Waals surface area contributed by atoms with E-state index in [2.05, 4.69) is 14.8 Å². The molecule has 1 N–H and O–H groups in total. The number of nitrogens with zero attached hydrogens (tertiary/aromatic N) is 3. The third-order valence-electron chi connectivity index (χ3n) is 4.92. The van der Waals surface area contributed by atoms with Gasteiger partial charge in [0.1, 0.15) is 17.2 Å². The van der Waals surface area contributed by atoms with Gasteiger partial charge in [0.05, 0.1) is 5.56 Å². The fourth-order valence-electron chi connectivity index (χ4n) is 3.48. The van der Waals surface area contributed by atoms with Crippen LogP contribution < -0.4 is 10.5 Å². The Morgan fingerprint density at radius 1 is 1.15 bits per heavy atom. The molecule has 1 saturated heterocycles. The predicted octanol–water partition coefficient (Wildman–Crippen LogP) is 2.52. The minimum Gasteiger partial charge on any atom is -0.507 e. The first-order valence-corrected chi connectivity index (χ1v) is 8.75. The van der Waals surface area contributed by atoms with Gasteiger partial charge in [-0.2, -0.15) is 0 Å². The summed E-state index contributed by atoms with van der Waals surface area (Å²) in [6, 6.07) is 10.9. The van der Waals surface area contributed by atoms with Crippen molar-refractivity contribution >= 4 is 16.8 Å². The second kappa shape index (κ2) is 6.80. The van der Waals surface area contributed by atoms with E-state index in [-0.39, 0.29) is 11.4 Å². The number of benzene rings is 1. The van der Waals surface area contributed by atoms with Gasteiger partial charge in [-0.15, -0.1) is 0 Å². The summed E-state index contributed by atoms with van der Waals surface area (Å²) in [7, 11) is 0. The van der Waals surface area contributed by atoms with E-state index in [0.717, 1.165) is 42.9 Å². The van der Waals surface area contributed by atoms with Gasteiger partial charge in [-0.3, -0.25) is 4.90 Å². The number of hydrogen-bond acceptors (Lipinski definition) is 6. The van der Waals surface area contributed by atoms with Gasteiger partial charge in [0.25, 0.3) is 0 Å². The molecule has 0 bridgehead atoms. The van der Waals surface area contributed by atoms with E-state index in [9.17, 15) is 9.90 Å². The molecule has 0 saturated carbocycles. The zero-order valence-electron chi connectivity index (χ0n) is 14.7. The van der Waals surface area contributed by atoms with Crippen molar-refractivity contribution in [1.29, 1.82) is 0 Å². The maximum atomic E-state index is 11.8. The molecule has 1 aliphatic rings. The lowest BCUT2D eigenvalue weighted by Gasteiger charge is -2.35. The average Bonchev–Trinajstić information content (AvgIpc) is 2.65. The topological polar surface area (TPSA) is 69.8 Å². The Morgan fingerprint density at radius 3 is 2.69 bits per heavy atom. The summed E-state index contributed by atoms with van der Waals surface area (Å²) in [5.41, 5.74) is 1.64. The standard InChI is InChI=1S/C20H21N3O3/c1-14-12-19(25)26-20-15(14)5-6-17(24)16(20)13-22-8-10-23(11-9-22)18-4-2-3-7-21-18/h2-7,12,24H,8-11,13H2,1H3. The van der Waals surface area contributed by atoms with E-state index >= 15 is 0 Å². The van der Waals surface area contributed by atoms with Crippen LogP contribution in [0.15, 0.2) is 51.8 Å². The van der Waals surface area contributed by atoms with Crippen LogP contribution in [0.25, 0.3) is 11.0 Å². The highest BCUT2D eigenvalue weighted by Crippen LogP contribution is 2.29. The van der Waals surface area contributed by atoms with E-state index in [1.165, 1.54) is 6.07 Å². The molecule has 0 radical (unpaired) electrons. The minimum absolute atomic E-state index is 0.165. The summed E-state index contributed by atoms with van der Waals surface area (Å²) in [5, 5.41) is 11.2. The van der Waals surface area contributed by atoms with Crippen molar-refractivity contribution in [3.63, 3.8) is 0 Å². The number of phenolic OH excluding ortho intramolecular Hbond substituents is 1. The van der Waals surface area contributed by atoms with E-state index in [4.69, 9.17) is 4.42 Å². The lowest BCUT2D eigenvalue weighted by Crippen LogP contribution is -2.46. The zero-order chi connectivity index (χ0) is 18.1. The van der Waals surface area contributed by atoms with Crippen LogP contribution in [0.1, 0.15) is 11.1 Å². The molecule has 0 atom stereocenters. The molecular weight excluding hydrogens is 330 g/mol. The van der Waals surface area contributed by atoms with Gasteiger partial charge in [-0.1, -0.05) is 6.07 Å². The van der Waals surface area contributed by atoms with Gasteiger partial charge in [0.2, 0.25) is 0 Å². The average molecular weight is 351 g/mol. The number of pyridine rings is 1. The Kier molecular flexibility index (Phi) is 4.34. The number of anilines is 1. The Labute approximate surface area is 151 Å². The fourth-order valence-corrected chi connectivity index (χ4v) is 3.48. The molecule has 6 heteroatoms. The van der Waals surface area contributed by atoms with Crippen molar-refractivity contribution in [3.8, 4) is 5.75 Å². The number of piperazine rings is 1. The molecule has 26 heavy (non-hydrogen) atoms. The highest BCUT2D eigenvalue weighted by Gasteiger charge is 2.21. The fraction of sp³-hybridized carbons (Fsp3) is 0.300. The number of phenols is 1. The summed E-state index contributed by atoms with van der Waals surface area (Å²) in [5.74, 6) is 1.15. The lowest BCUT2D eigenvalue weighted by atomic mass is 10.1. The molecule has 1 aromatic carbocycles. The maximum absolute atomic E-state index is 11.8. The first kappa shape index (κ1) is 16.6. The SMILES string of the molecule is Cc1cc(=O)oc2c(CN3CCN(c4ccccn4)CC3)c(O)ccc12. The van der Waals surface area contributed by atoms with Crippen molar-refractivity contribution in [2.75, 3.05) is 31.1 Å². The molecule has 0 unspecified atom stereocenters. The Bertz CT molecular complexity index is 977. The van der Waals surface area contributed by atoms with Crippen LogP contribution in [0.2, 0.25) is 0 Å². The van der Waals surface area contributed by atoms with Gasteiger partial charge in [0, 0.05) is 50.4 Å². The lowest BCUT2D eigenvalue weighted by molar-refractivity contribution is 0.246. The largest absolute Gasteiger partial charge is 0.507 e. The number of hydrogen-bond donors (Lipinski definition) is 1. The second-order valence-electron chi connectivity index (χ2n) is 6.64. The third kappa shape index (κ3) is 3.15. The summed E-state index contributed by atoms with van der Waals surface area (Å²) in [6.07, 6.45) is 1.81. The number of aromatic hydroxyl groups is 1. The summed E-state index contributed by atoms with van der Waals surface area (Å²) in [6.45, 7) is 5.86. The van der Waals surface area contributed by atoms with Gasteiger partial charge < -0.3 is 14.4 Å². The molecule has 1 fully saturated rings. The molecular formula is C20H21N3O3. The zero-order valence-corrected chi connectivity index (χ0v) is 14.7. The highest BCUT2D eigenvalue weighted by atomic mass is 16.4. The normalized spacial score (nSPS) is 15.5. The molecule has 3 aromatic rings. The molecule has 6 nitrogen and oxygen atoms in total. The van der Waals surface area contributed by atoms with E-state index in [1.807, 2.05) is 25.1 Å². The number of fused-ring (bicyclic) bond motifs is 1. The molecule has 0 aliphatic carbocycles. The molecule has 134 valence electrons. The van der Waals surface area contributed by atoms with Crippen LogP contribution in [0, 0.1) is 6.92 Å². The first-order valence-electron chi connectivity index (χ1n) is 8.75. The second-order valence-corrected chi connectivity index (χ2v) is 6.64. The first-order chi connectivity index (χ1) is 12.6. The van der Waals surface area contributed by atoms with E-state index in [0.29, 0.717) is 17.7 Å². The van der Waals surface area contributed by atoms with Gasteiger partial charge in [-0.25, -0.2) is 9.78 Å². The molecule has 0 spiro atoms. The molecule has 1 aliphatic heterocycles. The Hall–Kier alpha value is -2.86. The number of rotatable bonds is 3. The van der Waals surface area contributed by atoms with Gasteiger partial charge >= 0.3 is 5.63 Å². The van der Waals surface area contributed by atoms with Gasteiger partial charge in [0.15, 0.2) is 0 Å². The monoisotopic (exact) mass is 351 g/mol. The minimum atomic E-state index is -0.387. The van der Waals surface area contributed by atoms with Crippen molar-refractivity contribution in [1.82, 2.24) is 9.88 Å². The van der Waals surface area contributed by atoms with Crippen LogP contribution in [-0.4, -0.2) is 41.2 Å². The van der Waals surface area contributed by atoms with Crippen molar-refractivity contribution in [3.05, 3.63) is 64.1 Å². The Morgan fingerprint density at radius 2 is 1.96 bits per heavy atom. The Balaban J connectivity index is 1.55. The maximum Gasteiger partial charge on any atom is 0.336 e. The highest BCUT2D eigenvalue weighted by molar-refractivity contribution is 5.84. The smallest absolute Gasteiger partial charge is 0.336 e. The summed E-state index contributed by atoms with van der Waals surface area (Å²) in [4.78, 5) is 20.7. The van der Waals surface area contributed by atoms with Crippen molar-refractivity contribution in [2.24, 2.45) is 0 Å². The van der Waals surface area contributed by atoms with Crippen LogP contribution in [-0.2, 0) is 6.54 Å². The van der Waals surface area contributed by atoms with Crippen LogP contribution in [0.3, 0.4) is 0 Å². The summed E-state index contributed by atoms with van der Waals surface area (Å²) < 4.78 is 5.42. The van der Waals surface area contributed by atoms with Crippen molar-refractivity contribution in [2.45, 2.75) is 13.5 Å². The van der Waals surface area contributed by atoms with E-state index in [1.54, 1.807) is 18.3 Å². The molecule has 3 heterocycles. The van der Waals surface area contributed by atoms with Gasteiger partial charge in [-0.05, 0) is 36.8 Å². The van der Waals surface area contributed by atoms with E-state index < -0.39 is 0 Å². The molecule has 4 rings (SSSR count).